The molecule has 0 aromatic rings. The Balaban J connectivity index is 2.63. The van der Waals surface area contributed by atoms with E-state index in [4.69, 9.17) is 4.74 Å². The second-order valence-electron chi connectivity index (χ2n) is 4.33. The lowest BCUT2D eigenvalue weighted by molar-refractivity contribution is -0.135. The highest BCUT2D eigenvalue weighted by atomic mass is 16.5. The molecule has 0 aromatic heterocycles. The molecule has 3 nitrogen and oxygen atoms in total. The first-order valence-electron chi connectivity index (χ1n) is 5.61. The van der Waals surface area contributed by atoms with Crippen LogP contribution in [0.25, 0.3) is 0 Å². The first-order valence-corrected chi connectivity index (χ1v) is 5.61. The van der Waals surface area contributed by atoms with Crippen molar-refractivity contribution in [1.29, 1.82) is 0 Å². The molecule has 1 heterocycles. The normalized spacial score (nSPS) is 30.2. The summed E-state index contributed by atoms with van der Waals surface area (Å²) in [7, 11) is 1.38. The number of methoxy groups -OCH3 is 1. The molecule has 0 aromatic carbocycles. The van der Waals surface area contributed by atoms with Gasteiger partial charge in [-0.25, -0.2) is 4.79 Å². The molecule has 0 radical (unpaired) electrons. The Morgan fingerprint density at radius 2 is 2.31 bits per heavy atom. The van der Waals surface area contributed by atoms with E-state index >= 15 is 0 Å². The second kappa shape index (κ2) is 5.85. The molecule has 3 heteroatoms. The highest BCUT2D eigenvalue weighted by Gasteiger charge is 2.32. The van der Waals surface area contributed by atoms with E-state index in [1.165, 1.54) is 13.2 Å². The van der Waals surface area contributed by atoms with Crippen molar-refractivity contribution in [3.63, 3.8) is 0 Å². The quantitative estimate of drug-likeness (QED) is 0.418. The van der Waals surface area contributed by atoms with Crippen LogP contribution in [0.5, 0.6) is 0 Å². The lowest BCUT2D eigenvalue weighted by Gasteiger charge is -2.15. The van der Waals surface area contributed by atoms with Gasteiger partial charge in [-0.1, -0.05) is 13.0 Å². The summed E-state index contributed by atoms with van der Waals surface area (Å²) in [6.07, 6.45) is 5.54. The van der Waals surface area contributed by atoms with E-state index in [1.54, 1.807) is 0 Å². The minimum atomic E-state index is -0.319. The molecule has 0 N–H and O–H groups in total. The fourth-order valence-corrected chi connectivity index (χ4v) is 2.16. The molecule has 0 amide bonds. The molecule has 0 unspecified atom stereocenters. The van der Waals surface area contributed by atoms with Crippen molar-refractivity contribution < 1.29 is 14.3 Å². The van der Waals surface area contributed by atoms with E-state index in [0.29, 0.717) is 5.92 Å². The summed E-state index contributed by atoms with van der Waals surface area (Å²) < 4.78 is 10.5. The third-order valence-electron chi connectivity index (χ3n) is 2.92. The van der Waals surface area contributed by atoms with Gasteiger partial charge >= 0.3 is 5.97 Å². The molecular weight excluding hydrogens is 204 g/mol. The van der Waals surface area contributed by atoms with Crippen LogP contribution in [0.15, 0.2) is 24.3 Å². The van der Waals surface area contributed by atoms with Crippen LogP contribution in [0.3, 0.4) is 0 Å². The molecule has 1 rings (SSSR count). The van der Waals surface area contributed by atoms with E-state index in [0.717, 1.165) is 18.4 Å². The smallest absolute Gasteiger partial charge is 0.330 e. The minimum absolute atomic E-state index is 0.0315. The van der Waals surface area contributed by atoms with Crippen LogP contribution in [0.4, 0.5) is 0 Å². The van der Waals surface area contributed by atoms with E-state index in [-0.39, 0.29) is 18.2 Å². The predicted octanol–water partition coefficient (Wildman–Crippen LogP) is 2.48. The molecule has 0 bridgehead atoms. The van der Waals surface area contributed by atoms with Gasteiger partial charge < -0.3 is 9.47 Å². The number of ether oxygens (including phenoxy) is 2. The zero-order chi connectivity index (χ0) is 12.1. The summed E-state index contributed by atoms with van der Waals surface area (Å²) >= 11 is 0. The van der Waals surface area contributed by atoms with Gasteiger partial charge in [0.1, 0.15) is 0 Å². The minimum Gasteiger partial charge on any atom is -0.466 e. The van der Waals surface area contributed by atoms with Crippen molar-refractivity contribution in [2.75, 3.05) is 7.11 Å². The van der Waals surface area contributed by atoms with Crippen molar-refractivity contribution in [3.8, 4) is 0 Å². The van der Waals surface area contributed by atoms with Gasteiger partial charge in [0.25, 0.3) is 0 Å². The Hall–Kier alpha value is -1.09. The summed E-state index contributed by atoms with van der Waals surface area (Å²) in [5, 5.41) is 0. The van der Waals surface area contributed by atoms with E-state index in [9.17, 15) is 4.79 Å². The Labute approximate surface area is 97.1 Å². The molecular formula is C13H20O3. The molecule has 1 saturated heterocycles. The van der Waals surface area contributed by atoms with Crippen molar-refractivity contribution >= 4 is 5.97 Å². The van der Waals surface area contributed by atoms with Crippen LogP contribution in [0.2, 0.25) is 0 Å². The lowest BCUT2D eigenvalue weighted by atomic mass is 9.96. The highest BCUT2D eigenvalue weighted by Crippen LogP contribution is 2.32. The predicted molar refractivity (Wildman–Crippen MR) is 63.0 cm³/mol. The summed E-state index contributed by atoms with van der Waals surface area (Å²) in [6, 6.07) is 0. The molecule has 1 fully saturated rings. The Kier molecular flexibility index (Phi) is 4.74. The first-order chi connectivity index (χ1) is 7.58. The van der Waals surface area contributed by atoms with E-state index < -0.39 is 0 Å². The number of carbonyl (C=O) groups is 1. The third-order valence-corrected chi connectivity index (χ3v) is 2.92. The second-order valence-corrected chi connectivity index (χ2v) is 4.33. The van der Waals surface area contributed by atoms with Crippen LogP contribution < -0.4 is 0 Å². The largest absolute Gasteiger partial charge is 0.466 e. The number of hydrogen-bond donors (Lipinski definition) is 0. The third kappa shape index (κ3) is 3.20. The van der Waals surface area contributed by atoms with E-state index in [1.807, 2.05) is 13.0 Å². The average molecular weight is 224 g/mol. The number of esters is 1. The molecule has 0 aliphatic carbocycles. The fourth-order valence-electron chi connectivity index (χ4n) is 2.16. The van der Waals surface area contributed by atoms with Crippen LogP contribution in [-0.4, -0.2) is 25.3 Å². The maximum atomic E-state index is 11.1. The van der Waals surface area contributed by atoms with Crippen LogP contribution in [-0.2, 0) is 14.3 Å². The molecule has 0 saturated carbocycles. The molecule has 1 aliphatic heterocycles. The van der Waals surface area contributed by atoms with Crippen molar-refractivity contribution in [2.24, 2.45) is 5.92 Å². The van der Waals surface area contributed by atoms with Gasteiger partial charge in [-0.15, -0.1) is 6.58 Å². The molecule has 16 heavy (non-hydrogen) atoms. The van der Waals surface area contributed by atoms with Gasteiger partial charge in [0.05, 0.1) is 19.3 Å². The summed E-state index contributed by atoms with van der Waals surface area (Å²) in [6.45, 7) is 7.76. The van der Waals surface area contributed by atoms with Crippen LogP contribution in [0.1, 0.15) is 26.7 Å². The van der Waals surface area contributed by atoms with Gasteiger partial charge in [0, 0.05) is 6.08 Å². The lowest BCUT2D eigenvalue weighted by Crippen LogP contribution is -2.17. The number of hydrogen-bond acceptors (Lipinski definition) is 3. The highest BCUT2D eigenvalue weighted by molar-refractivity contribution is 5.82. The van der Waals surface area contributed by atoms with Crippen molar-refractivity contribution in [2.45, 2.75) is 38.9 Å². The summed E-state index contributed by atoms with van der Waals surface area (Å²) in [5.41, 5.74) is 0.936. The molecule has 3 atom stereocenters. The van der Waals surface area contributed by atoms with Crippen molar-refractivity contribution in [1.82, 2.24) is 0 Å². The molecule has 1 aliphatic rings. The summed E-state index contributed by atoms with van der Waals surface area (Å²) in [4.78, 5) is 11.1. The van der Waals surface area contributed by atoms with Crippen molar-refractivity contribution in [3.05, 3.63) is 24.3 Å². The fraction of sp³-hybridized carbons (Fsp3) is 0.615. The number of rotatable bonds is 4. The standard InChI is InChI=1S/C13H20O3/c1-5-6-11-7-9(2)13(16-11)10(3)8-12(14)15-4/h5,8-9,11,13H,1,6-7H2,2-4H3/b10-8+/t9-,11-,13-/m1/s1. The first kappa shape index (κ1) is 13.0. The molecule has 90 valence electrons. The monoisotopic (exact) mass is 224 g/mol. The van der Waals surface area contributed by atoms with Crippen LogP contribution >= 0.6 is 0 Å². The zero-order valence-corrected chi connectivity index (χ0v) is 10.2. The zero-order valence-electron chi connectivity index (χ0n) is 10.2. The van der Waals surface area contributed by atoms with Gasteiger partial charge in [-0.3, -0.25) is 0 Å². The molecule has 0 spiro atoms. The maximum Gasteiger partial charge on any atom is 0.330 e. The average Bonchev–Trinajstić information content (AvgIpc) is 2.60. The van der Waals surface area contributed by atoms with Gasteiger partial charge in [0.15, 0.2) is 0 Å². The van der Waals surface area contributed by atoms with Gasteiger partial charge in [0.2, 0.25) is 0 Å². The van der Waals surface area contributed by atoms with Gasteiger partial charge in [-0.2, -0.15) is 0 Å². The SMILES string of the molecule is C=CC[C@@H]1C[C@@H](C)[C@H](/C(C)=C/C(=O)OC)O1. The van der Waals surface area contributed by atoms with Gasteiger partial charge in [-0.05, 0) is 31.3 Å². The Morgan fingerprint density at radius 1 is 1.62 bits per heavy atom. The number of carbonyl (C=O) groups excluding carboxylic acids is 1. The topological polar surface area (TPSA) is 35.5 Å². The Morgan fingerprint density at radius 3 is 2.88 bits per heavy atom. The summed E-state index contributed by atoms with van der Waals surface area (Å²) in [5.74, 6) is 0.117. The maximum absolute atomic E-state index is 11.1. The van der Waals surface area contributed by atoms with Crippen LogP contribution in [0, 0.1) is 5.92 Å². The Bertz CT molecular complexity index is 294. The van der Waals surface area contributed by atoms with E-state index in [2.05, 4.69) is 18.2 Å².